The minimum Gasteiger partial charge on any atom is -0.445 e. The van der Waals surface area contributed by atoms with Gasteiger partial charge in [-0.2, -0.15) is 0 Å². The molecule has 7 heteroatoms. The summed E-state index contributed by atoms with van der Waals surface area (Å²) in [7, 11) is 0. The van der Waals surface area contributed by atoms with Crippen molar-refractivity contribution in [2.24, 2.45) is 5.92 Å². The van der Waals surface area contributed by atoms with Crippen molar-refractivity contribution in [3.63, 3.8) is 0 Å². The van der Waals surface area contributed by atoms with Gasteiger partial charge in [0.25, 0.3) is 0 Å². The summed E-state index contributed by atoms with van der Waals surface area (Å²) in [6, 6.07) is 19.9. The van der Waals surface area contributed by atoms with E-state index in [1.807, 2.05) is 41.3 Å². The van der Waals surface area contributed by atoms with Crippen molar-refractivity contribution in [3.8, 4) is 0 Å². The Balaban J connectivity index is 1.35. The number of hydrogen-bond donors (Lipinski definition) is 1. The SMILES string of the molecule is O=C(N[C@H]1CCN(CCc2ccccc2)C[C@@H]1C(=O)N1CCSC1)OCc1ccccc1. The molecule has 0 bridgehead atoms. The maximum atomic E-state index is 13.3. The number of alkyl carbamates (subject to hydrolysis) is 1. The number of nitrogens with one attached hydrogen (secondary N) is 1. The first-order valence-corrected chi connectivity index (χ1v) is 12.4. The van der Waals surface area contributed by atoms with Gasteiger partial charge in [-0.1, -0.05) is 60.7 Å². The third kappa shape index (κ3) is 6.26. The van der Waals surface area contributed by atoms with Gasteiger partial charge in [0.05, 0.1) is 11.8 Å². The Morgan fingerprint density at radius 2 is 1.72 bits per heavy atom. The lowest BCUT2D eigenvalue weighted by atomic mass is 9.90. The van der Waals surface area contributed by atoms with Crippen molar-refractivity contribution in [2.75, 3.05) is 37.8 Å². The number of rotatable bonds is 7. The fourth-order valence-corrected chi connectivity index (χ4v) is 5.27. The first-order chi connectivity index (χ1) is 15.7. The number of thioether (sulfide) groups is 1. The van der Waals surface area contributed by atoms with Crippen LogP contribution in [-0.4, -0.2) is 65.7 Å². The fraction of sp³-hybridized carbons (Fsp3) is 0.440. The molecule has 1 N–H and O–H groups in total. The van der Waals surface area contributed by atoms with Crippen LogP contribution in [0, 0.1) is 5.92 Å². The topological polar surface area (TPSA) is 61.9 Å². The molecule has 0 spiro atoms. The van der Waals surface area contributed by atoms with Crippen molar-refractivity contribution in [3.05, 3.63) is 71.8 Å². The molecule has 4 rings (SSSR count). The van der Waals surface area contributed by atoms with E-state index in [1.165, 1.54) is 5.56 Å². The predicted molar refractivity (Wildman–Crippen MR) is 127 cm³/mol. The maximum Gasteiger partial charge on any atom is 0.407 e. The quantitative estimate of drug-likeness (QED) is 0.697. The first-order valence-electron chi connectivity index (χ1n) is 11.3. The van der Waals surface area contributed by atoms with Crippen molar-refractivity contribution in [1.29, 1.82) is 0 Å². The van der Waals surface area contributed by atoms with Crippen molar-refractivity contribution < 1.29 is 14.3 Å². The number of amides is 2. The fourth-order valence-electron chi connectivity index (χ4n) is 4.32. The molecule has 2 atom stereocenters. The van der Waals surface area contributed by atoms with E-state index in [0.717, 1.165) is 49.7 Å². The lowest BCUT2D eigenvalue weighted by molar-refractivity contribution is -0.136. The number of nitrogens with zero attached hydrogens (tertiary/aromatic N) is 2. The third-order valence-electron chi connectivity index (χ3n) is 6.15. The van der Waals surface area contributed by atoms with E-state index in [2.05, 4.69) is 34.5 Å². The second kappa shape index (κ2) is 11.4. The van der Waals surface area contributed by atoms with E-state index in [9.17, 15) is 9.59 Å². The van der Waals surface area contributed by atoms with Gasteiger partial charge in [0.1, 0.15) is 6.61 Å². The highest BCUT2D eigenvalue weighted by Crippen LogP contribution is 2.24. The maximum absolute atomic E-state index is 13.3. The molecule has 0 saturated carbocycles. The molecule has 0 unspecified atom stereocenters. The van der Waals surface area contributed by atoms with Gasteiger partial charge in [-0.3, -0.25) is 4.79 Å². The number of likely N-dealkylation sites (tertiary alicyclic amines) is 1. The third-order valence-corrected chi connectivity index (χ3v) is 7.12. The van der Waals surface area contributed by atoms with Crippen LogP contribution in [0.4, 0.5) is 4.79 Å². The second-order valence-corrected chi connectivity index (χ2v) is 9.46. The average Bonchev–Trinajstić information content (AvgIpc) is 3.38. The van der Waals surface area contributed by atoms with E-state index < -0.39 is 6.09 Å². The Hall–Kier alpha value is -2.51. The summed E-state index contributed by atoms with van der Waals surface area (Å²) in [5.74, 6) is 1.62. The zero-order valence-electron chi connectivity index (χ0n) is 18.3. The van der Waals surface area contributed by atoms with Crippen molar-refractivity contribution >= 4 is 23.8 Å². The summed E-state index contributed by atoms with van der Waals surface area (Å²) >= 11 is 1.78. The zero-order chi connectivity index (χ0) is 22.2. The van der Waals surface area contributed by atoms with Gasteiger partial charge in [-0.15, -0.1) is 11.8 Å². The smallest absolute Gasteiger partial charge is 0.407 e. The van der Waals surface area contributed by atoms with Crippen LogP contribution in [0.1, 0.15) is 17.5 Å². The summed E-state index contributed by atoms with van der Waals surface area (Å²) < 4.78 is 5.42. The highest BCUT2D eigenvalue weighted by atomic mass is 32.2. The molecule has 2 fully saturated rings. The highest BCUT2D eigenvalue weighted by Gasteiger charge is 2.38. The Kier molecular flexibility index (Phi) is 8.07. The Labute approximate surface area is 194 Å². The van der Waals surface area contributed by atoms with Gasteiger partial charge < -0.3 is 19.9 Å². The van der Waals surface area contributed by atoms with Crippen LogP contribution in [-0.2, 0) is 22.6 Å². The number of carbonyl (C=O) groups is 2. The summed E-state index contributed by atoms with van der Waals surface area (Å²) in [5.41, 5.74) is 2.25. The molecule has 2 aliphatic rings. The number of hydrogen-bond acceptors (Lipinski definition) is 5. The first kappa shape index (κ1) is 22.7. The van der Waals surface area contributed by atoms with Gasteiger partial charge in [0.2, 0.25) is 5.91 Å². The van der Waals surface area contributed by atoms with Gasteiger partial charge in [-0.25, -0.2) is 4.79 Å². The number of ether oxygens (including phenoxy) is 1. The van der Waals surface area contributed by atoms with Crippen LogP contribution >= 0.6 is 11.8 Å². The number of piperidine rings is 1. The number of benzene rings is 2. The molecule has 0 radical (unpaired) electrons. The van der Waals surface area contributed by atoms with E-state index in [4.69, 9.17) is 4.74 Å². The standard InChI is InChI=1S/C25H31N3O3S/c29-24(28-15-16-32-19-28)22-17-27(13-11-20-7-3-1-4-8-20)14-12-23(22)26-25(30)31-18-21-9-5-2-6-10-21/h1-10,22-23H,11-19H2,(H,26,30)/t22-,23-/m0/s1. The molecule has 2 aliphatic heterocycles. The van der Waals surface area contributed by atoms with Gasteiger partial charge in [-0.05, 0) is 24.0 Å². The van der Waals surface area contributed by atoms with Crippen LogP contribution in [0.3, 0.4) is 0 Å². The zero-order valence-corrected chi connectivity index (χ0v) is 19.1. The summed E-state index contributed by atoms with van der Waals surface area (Å²) in [6.07, 6.45) is 1.25. The molecule has 2 amide bonds. The lowest BCUT2D eigenvalue weighted by Crippen LogP contribution is -2.56. The molecule has 2 aromatic rings. The predicted octanol–water partition coefficient (Wildman–Crippen LogP) is 3.38. The summed E-state index contributed by atoms with van der Waals surface area (Å²) in [4.78, 5) is 30.1. The van der Waals surface area contributed by atoms with Crippen LogP contribution in [0.2, 0.25) is 0 Å². The molecule has 32 heavy (non-hydrogen) atoms. The van der Waals surface area contributed by atoms with E-state index in [1.54, 1.807) is 11.8 Å². The van der Waals surface area contributed by atoms with Crippen LogP contribution in [0.5, 0.6) is 0 Å². The van der Waals surface area contributed by atoms with E-state index >= 15 is 0 Å². The molecule has 0 aliphatic carbocycles. The van der Waals surface area contributed by atoms with E-state index in [0.29, 0.717) is 6.54 Å². The Bertz CT molecular complexity index is 875. The highest BCUT2D eigenvalue weighted by molar-refractivity contribution is 7.99. The molecule has 6 nitrogen and oxygen atoms in total. The monoisotopic (exact) mass is 453 g/mol. The van der Waals surface area contributed by atoms with Crippen molar-refractivity contribution in [2.45, 2.75) is 25.5 Å². The van der Waals surface area contributed by atoms with Crippen LogP contribution in [0.15, 0.2) is 60.7 Å². The van der Waals surface area contributed by atoms with E-state index in [-0.39, 0.29) is 24.5 Å². The van der Waals surface area contributed by atoms with Crippen molar-refractivity contribution in [1.82, 2.24) is 15.1 Å². The minimum absolute atomic E-state index is 0.146. The van der Waals surface area contributed by atoms with Gasteiger partial charge in [0.15, 0.2) is 0 Å². The second-order valence-electron chi connectivity index (χ2n) is 8.38. The van der Waals surface area contributed by atoms with Crippen LogP contribution in [0.25, 0.3) is 0 Å². The Morgan fingerprint density at radius 3 is 2.41 bits per heavy atom. The van der Waals surface area contributed by atoms with Gasteiger partial charge >= 0.3 is 6.09 Å². The molecule has 0 aromatic heterocycles. The van der Waals surface area contributed by atoms with Gasteiger partial charge in [0, 0.05) is 38.0 Å². The minimum atomic E-state index is -0.454. The number of carbonyl (C=O) groups excluding carboxylic acids is 2. The Morgan fingerprint density at radius 1 is 1.00 bits per heavy atom. The molecule has 2 aromatic carbocycles. The lowest BCUT2D eigenvalue weighted by Gasteiger charge is -2.39. The summed E-state index contributed by atoms with van der Waals surface area (Å²) in [5, 5.41) is 3.00. The molecule has 170 valence electrons. The molecular weight excluding hydrogens is 422 g/mol. The largest absolute Gasteiger partial charge is 0.445 e. The summed E-state index contributed by atoms with van der Waals surface area (Å²) in [6.45, 7) is 3.44. The average molecular weight is 454 g/mol. The molecule has 2 heterocycles. The normalized spacial score (nSPS) is 21.3. The van der Waals surface area contributed by atoms with Crippen LogP contribution < -0.4 is 5.32 Å². The molecule has 2 saturated heterocycles. The molecular formula is C25H31N3O3S.